The van der Waals surface area contributed by atoms with Gasteiger partial charge in [0, 0.05) is 0 Å². The molecule has 2 rings (SSSR count). The van der Waals surface area contributed by atoms with E-state index in [4.69, 9.17) is 0 Å². The second kappa shape index (κ2) is 1.96. The summed E-state index contributed by atoms with van der Waals surface area (Å²) in [6.07, 6.45) is 3.66. The maximum Gasteiger partial charge on any atom is 0.322 e. The minimum Gasteiger partial charge on any atom is -0.323 e. The van der Waals surface area contributed by atoms with Gasteiger partial charge in [-0.3, -0.25) is 10.1 Å². The topological polar surface area (TPSA) is 58.2 Å². The Bertz CT molecular complexity index is 218. The molecule has 2 aliphatic rings. The van der Waals surface area contributed by atoms with Crippen LogP contribution in [0.5, 0.6) is 0 Å². The Kier molecular flexibility index (Phi) is 1.19. The van der Waals surface area contributed by atoms with Gasteiger partial charge in [0.05, 0.1) is 0 Å². The number of amides is 3. The fourth-order valence-electron chi connectivity index (χ4n) is 1.86. The predicted octanol–water partition coefficient (Wildman–Crippen LogP) is 0.139. The Labute approximate surface area is 64.3 Å². The lowest BCUT2D eigenvalue weighted by Gasteiger charge is -2.17. The molecule has 1 saturated carbocycles. The van der Waals surface area contributed by atoms with Gasteiger partial charge in [0.25, 0.3) is 5.91 Å². The van der Waals surface area contributed by atoms with Crippen LogP contribution >= 0.6 is 0 Å². The smallest absolute Gasteiger partial charge is 0.322 e. The van der Waals surface area contributed by atoms with E-state index in [9.17, 15) is 9.59 Å². The van der Waals surface area contributed by atoms with Crippen LogP contribution in [0.1, 0.15) is 25.7 Å². The highest BCUT2D eigenvalue weighted by atomic mass is 16.2. The number of urea groups is 1. The highest BCUT2D eigenvalue weighted by molar-refractivity contribution is 6.07. The van der Waals surface area contributed by atoms with Gasteiger partial charge in [-0.15, -0.1) is 0 Å². The number of nitrogens with one attached hydrogen (secondary N) is 2. The standard InChI is InChI=1S/C7H10N2O2/c10-5-7(3-1-2-4-7)9-6(11)8-5/h1-4H2,(H2,8,9,10,11). The van der Waals surface area contributed by atoms with Gasteiger partial charge in [-0.2, -0.15) is 0 Å². The summed E-state index contributed by atoms with van der Waals surface area (Å²) in [5.41, 5.74) is -0.531. The van der Waals surface area contributed by atoms with Crippen molar-refractivity contribution in [2.24, 2.45) is 0 Å². The van der Waals surface area contributed by atoms with Crippen molar-refractivity contribution in [2.45, 2.75) is 31.2 Å². The summed E-state index contributed by atoms with van der Waals surface area (Å²) >= 11 is 0. The number of hydrogen-bond donors (Lipinski definition) is 2. The molecule has 4 nitrogen and oxygen atoms in total. The van der Waals surface area contributed by atoms with Gasteiger partial charge in [-0.1, -0.05) is 12.8 Å². The highest BCUT2D eigenvalue weighted by Crippen LogP contribution is 2.31. The monoisotopic (exact) mass is 154 g/mol. The molecule has 4 heteroatoms. The first kappa shape index (κ1) is 6.64. The maximum absolute atomic E-state index is 11.2. The molecule has 2 fully saturated rings. The summed E-state index contributed by atoms with van der Waals surface area (Å²) < 4.78 is 0. The molecule has 11 heavy (non-hydrogen) atoms. The Balaban J connectivity index is 2.24. The van der Waals surface area contributed by atoms with E-state index in [-0.39, 0.29) is 11.9 Å². The Morgan fingerprint density at radius 3 is 2.27 bits per heavy atom. The molecule has 0 atom stereocenters. The largest absolute Gasteiger partial charge is 0.323 e. The van der Waals surface area contributed by atoms with Crippen LogP contribution in [0.4, 0.5) is 4.79 Å². The van der Waals surface area contributed by atoms with E-state index >= 15 is 0 Å². The van der Waals surface area contributed by atoms with E-state index in [1.54, 1.807) is 0 Å². The van der Waals surface area contributed by atoms with Gasteiger partial charge in [0.15, 0.2) is 0 Å². The van der Waals surface area contributed by atoms with Crippen molar-refractivity contribution in [3.8, 4) is 0 Å². The van der Waals surface area contributed by atoms with Crippen molar-refractivity contribution in [1.29, 1.82) is 0 Å². The molecule has 1 aliphatic heterocycles. The van der Waals surface area contributed by atoms with Crippen LogP contribution in [0.25, 0.3) is 0 Å². The number of hydrogen-bond acceptors (Lipinski definition) is 2. The second-order valence-electron chi connectivity index (χ2n) is 3.20. The van der Waals surface area contributed by atoms with Crippen molar-refractivity contribution in [3.63, 3.8) is 0 Å². The zero-order chi connectivity index (χ0) is 7.90. The molecule has 1 heterocycles. The van der Waals surface area contributed by atoms with Gasteiger partial charge in [0.2, 0.25) is 0 Å². The Morgan fingerprint density at radius 2 is 1.82 bits per heavy atom. The number of carbonyl (C=O) groups is 2. The number of rotatable bonds is 0. The van der Waals surface area contributed by atoms with Crippen LogP contribution in [0.3, 0.4) is 0 Å². The first-order valence-corrected chi connectivity index (χ1v) is 3.87. The summed E-state index contributed by atoms with van der Waals surface area (Å²) in [6.45, 7) is 0. The van der Waals surface area contributed by atoms with E-state index in [0.29, 0.717) is 0 Å². The minimum atomic E-state index is -0.531. The van der Waals surface area contributed by atoms with Crippen LogP contribution in [-0.2, 0) is 4.79 Å². The average Bonchev–Trinajstić information content (AvgIpc) is 2.45. The zero-order valence-corrected chi connectivity index (χ0v) is 6.14. The molecule has 60 valence electrons. The Hall–Kier alpha value is -1.06. The SMILES string of the molecule is O=C1NC(=O)C2(CCCC2)N1. The van der Waals surface area contributed by atoms with E-state index < -0.39 is 5.54 Å². The van der Waals surface area contributed by atoms with Crippen LogP contribution in [0.15, 0.2) is 0 Å². The third-order valence-corrected chi connectivity index (χ3v) is 2.47. The van der Waals surface area contributed by atoms with Gasteiger partial charge < -0.3 is 5.32 Å². The average molecular weight is 154 g/mol. The lowest BCUT2D eigenvalue weighted by Crippen LogP contribution is -2.43. The van der Waals surface area contributed by atoms with Crippen LogP contribution < -0.4 is 10.6 Å². The summed E-state index contributed by atoms with van der Waals surface area (Å²) in [4.78, 5) is 22.0. The summed E-state index contributed by atoms with van der Waals surface area (Å²) in [5, 5.41) is 4.94. The first-order chi connectivity index (χ1) is 5.23. The van der Waals surface area contributed by atoms with Gasteiger partial charge in [-0.25, -0.2) is 4.79 Å². The molecule has 1 saturated heterocycles. The van der Waals surface area contributed by atoms with Gasteiger partial charge in [-0.05, 0) is 12.8 Å². The second-order valence-corrected chi connectivity index (χ2v) is 3.20. The molecule has 0 radical (unpaired) electrons. The molecule has 0 unspecified atom stereocenters. The Morgan fingerprint density at radius 1 is 1.18 bits per heavy atom. The normalized spacial score (nSPS) is 27.3. The van der Waals surface area contributed by atoms with Gasteiger partial charge in [0.1, 0.15) is 5.54 Å². The van der Waals surface area contributed by atoms with E-state index in [1.807, 2.05) is 0 Å². The molecule has 3 amide bonds. The summed E-state index contributed by atoms with van der Waals surface area (Å²) in [5.74, 6) is -0.139. The first-order valence-electron chi connectivity index (χ1n) is 3.87. The summed E-state index contributed by atoms with van der Waals surface area (Å²) in [6, 6.07) is -0.336. The quantitative estimate of drug-likeness (QED) is 0.487. The molecule has 0 bridgehead atoms. The third-order valence-electron chi connectivity index (χ3n) is 2.47. The lowest BCUT2D eigenvalue weighted by atomic mass is 9.99. The maximum atomic E-state index is 11.2. The molecule has 1 spiro atoms. The number of carbonyl (C=O) groups excluding carboxylic acids is 2. The fraction of sp³-hybridized carbons (Fsp3) is 0.714. The van der Waals surface area contributed by atoms with E-state index in [1.165, 1.54) is 0 Å². The fourth-order valence-corrected chi connectivity index (χ4v) is 1.86. The van der Waals surface area contributed by atoms with Crippen molar-refractivity contribution < 1.29 is 9.59 Å². The third kappa shape index (κ3) is 0.818. The van der Waals surface area contributed by atoms with Crippen LogP contribution in [0, 0.1) is 0 Å². The minimum absolute atomic E-state index is 0.139. The molecule has 0 aromatic carbocycles. The van der Waals surface area contributed by atoms with E-state index in [0.717, 1.165) is 25.7 Å². The summed E-state index contributed by atoms with van der Waals surface area (Å²) in [7, 11) is 0. The highest BCUT2D eigenvalue weighted by Gasteiger charge is 2.47. The molecule has 2 N–H and O–H groups in total. The zero-order valence-electron chi connectivity index (χ0n) is 6.14. The van der Waals surface area contributed by atoms with E-state index in [2.05, 4.69) is 10.6 Å². The van der Waals surface area contributed by atoms with Crippen molar-refractivity contribution in [1.82, 2.24) is 10.6 Å². The van der Waals surface area contributed by atoms with Crippen LogP contribution in [-0.4, -0.2) is 17.5 Å². The molecular weight excluding hydrogens is 144 g/mol. The lowest BCUT2D eigenvalue weighted by molar-refractivity contribution is -0.123. The number of imide groups is 1. The van der Waals surface area contributed by atoms with Crippen molar-refractivity contribution in [3.05, 3.63) is 0 Å². The molecule has 1 aliphatic carbocycles. The van der Waals surface area contributed by atoms with Crippen LogP contribution in [0.2, 0.25) is 0 Å². The van der Waals surface area contributed by atoms with Crippen molar-refractivity contribution in [2.75, 3.05) is 0 Å². The van der Waals surface area contributed by atoms with Crippen molar-refractivity contribution >= 4 is 11.9 Å². The molecular formula is C7H10N2O2. The van der Waals surface area contributed by atoms with Gasteiger partial charge >= 0.3 is 6.03 Å². The molecule has 0 aromatic heterocycles. The molecule has 0 aromatic rings. The predicted molar refractivity (Wildman–Crippen MR) is 37.9 cm³/mol.